The van der Waals surface area contributed by atoms with E-state index >= 15 is 0 Å². The van der Waals surface area contributed by atoms with E-state index < -0.39 is 12.0 Å². The number of phenolic OH excluding ortho intramolecular Hbond substituents is 1. The second kappa shape index (κ2) is 8.16. The second-order valence-corrected chi connectivity index (χ2v) is 8.24. The van der Waals surface area contributed by atoms with Crippen LogP contribution in [0.1, 0.15) is 5.56 Å². The van der Waals surface area contributed by atoms with Gasteiger partial charge in [0.15, 0.2) is 0 Å². The molecule has 0 saturated heterocycles. The molecule has 0 unspecified atom stereocenters. The Hall–Kier alpha value is -0.340. The summed E-state index contributed by atoms with van der Waals surface area (Å²) in [5, 5.41) is 18.6. The van der Waals surface area contributed by atoms with Gasteiger partial charge < -0.3 is 20.7 Å². The van der Waals surface area contributed by atoms with Gasteiger partial charge in [-0.05, 0) is 104 Å². The van der Waals surface area contributed by atoms with E-state index in [1.54, 1.807) is 24.3 Å². The molecule has 23 heavy (non-hydrogen) atoms. The summed E-state index contributed by atoms with van der Waals surface area (Å²) in [7, 11) is 0. The molecule has 0 amide bonds. The number of aromatic hydroxyl groups is 1. The molecule has 1 atom stereocenters. The molecule has 0 fully saturated rings. The summed E-state index contributed by atoms with van der Waals surface area (Å²) in [6.07, 6.45) is 0.265. The summed E-state index contributed by atoms with van der Waals surface area (Å²) < 4.78 is 8.14. The first-order valence-electron chi connectivity index (χ1n) is 6.40. The van der Waals surface area contributed by atoms with E-state index in [-0.39, 0.29) is 12.2 Å². The van der Waals surface area contributed by atoms with Crippen LogP contribution in [0.25, 0.3) is 0 Å². The molecule has 8 heteroatoms. The third kappa shape index (κ3) is 5.06. The number of carboxylic acid groups (broad SMARTS) is 1. The van der Waals surface area contributed by atoms with E-state index in [4.69, 9.17) is 15.6 Å². The molecule has 2 rings (SSSR count). The van der Waals surface area contributed by atoms with Crippen molar-refractivity contribution < 1.29 is 19.7 Å². The minimum atomic E-state index is -1.02. The van der Waals surface area contributed by atoms with Gasteiger partial charge in [0.2, 0.25) is 0 Å². The molecule has 0 aromatic heterocycles. The molecular weight excluding hydrogens is 645 g/mol. The quantitative estimate of drug-likeness (QED) is 0.424. The fourth-order valence-corrected chi connectivity index (χ4v) is 4.22. The van der Waals surface area contributed by atoms with Crippen LogP contribution in [0.4, 0.5) is 0 Å². The van der Waals surface area contributed by atoms with E-state index in [0.29, 0.717) is 18.6 Å². The highest BCUT2D eigenvalue weighted by molar-refractivity contribution is 14.1. The van der Waals surface area contributed by atoms with Gasteiger partial charge in [-0.15, -0.1) is 0 Å². The zero-order chi connectivity index (χ0) is 17.1. The number of carboxylic acids is 1. The number of ether oxygens (including phenoxy) is 1. The van der Waals surface area contributed by atoms with Gasteiger partial charge in [0.1, 0.15) is 23.3 Å². The topological polar surface area (TPSA) is 92.8 Å². The first-order chi connectivity index (χ1) is 10.8. The van der Waals surface area contributed by atoms with Crippen LogP contribution in [0.3, 0.4) is 0 Å². The highest BCUT2D eigenvalue weighted by Crippen LogP contribution is 2.34. The summed E-state index contributed by atoms with van der Waals surface area (Å²) in [5.74, 6) is 0.514. The van der Waals surface area contributed by atoms with Crippen LogP contribution >= 0.6 is 67.8 Å². The van der Waals surface area contributed by atoms with Gasteiger partial charge in [-0.25, -0.2) is 0 Å². The Labute approximate surface area is 174 Å². The molecule has 122 valence electrons. The first kappa shape index (κ1) is 19.0. The lowest BCUT2D eigenvalue weighted by Crippen LogP contribution is -2.32. The van der Waals surface area contributed by atoms with Crippen LogP contribution in [0, 0.1) is 10.7 Å². The van der Waals surface area contributed by atoms with Crippen molar-refractivity contribution in [1.29, 1.82) is 0 Å². The molecule has 5 nitrogen and oxygen atoms in total. The van der Waals surface area contributed by atoms with Crippen molar-refractivity contribution >= 4 is 73.7 Å². The smallest absolute Gasteiger partial charge is 0.320 e. The van der Waals surface area contributed by atoms with E-state index in [9.17, 15) is 9.90 Å². The number of rotatable bonds is 5. The third-order valence-corrected chi connectivity index (χ3v) is 5.47. The van der Waals surface area contributed by atoms with Crippen molar-refractivity contribution in [2.75, 3.05) is 0 Å². The average Bonchev–Trinajstić information content (AvgIpc) is 2.47. The maximum Gasteiger partial charge on any atom is 0.320 e. The minimum absolute atomic E-state index is 0.242. The van der Waals surface area contributed by atoms with Crippen LogP contribution < -0.4 is 10.5 Å². The number of benzene rings is 2. The van der Waals surface area contributed by atoms with Crippen molar-refractivity contribution in [3.05, 3.63) is 46.6 Å². The van der Waals surface area contributed by atoms with Gasteiger partial charge in [0.25, 0.3) is 0 Å². The lowest BCUT2D eigenvalue weighted by molar-refractivity contribution is -0.138. The number of aliphatic carboxylic acids is 1. The van der Waals surface area contributed by atoms with Crippen LogP contribution in [-0.4, -0.2) is 22.2 Å². The van der Waals surface area contributed by atoms with E-state index in [0.717, 1.165) is 9.13 Å². The van der Waals surface area contributed by atoms with Gasteiger partial charge >= 0.3 is 5.97 Å². The van der Waals surface area contributed by atoms with Crippen LogP contribution in [0.5, 0.6) is 17.2 Å². The monoisotopic (exact) mass is 657 g/mol. The second-order valence-electron chi connectivity index (χ2n) is 4.75. The van der Waals surface area contributed by atoms with Gasteiger partial charge in [0.05, 0.1) is 10.7 Å². The van der Waals surface area contributed by atoms with Gasteiger partial charge in [0, 0.05) is 0 Å². The molecule has 0 aliphatic heterocycles. The standard InChI is InChI=1S/C15H12I3NO4/c16-9-3-7(4-12(19)15(21)22)1-2-13(9)23-8-5-10(17)14(20)11(18)6-8/h1-3,5-6,12,20H,4,19H2,(H,21,22)/t12-/m0/s1/i5+1,6+1,8+1,10+1,11+1,14+1. The van der Waals surface area contributed by atoms with Crippen LogP contribution in [0.15, 0.2) is 30.3 Å². The normalized spacial score (nSPS) is 12.0. The number of phenols is 1. The highest BCUT2D eigenvalue weighted by atomic mass is 127. The molecule has 2 aromatic rings. The Balaban J connectivity index is 2.20. The summed E-state index contributed by atoms with van der Waals surface area (Å²) in [5.41, 5.74) is 6.39. The Bertz CT molecular complexity index is 728. The molecule has 0 aliphatic carbocycles. The molecule has 0 spiro atoms. The molecule has 4 N–H and O–H groups in total. The van der Waals surface area contributed by atoms with Crippen molar-refractivity contribution in [3.8, 4) is 17.2 Å². The molecular formula is C15H12I3NO4. The predicted octanol–water partition coefficient (Wildman–Crippen LogP) is 3.95. The molecule has 2 aromatic carbocycles. The fourth-order valence-electron chi connectivity index (χ4n) is 1.82. The molecule has 0 saturated carbocycles. The lowest BCUT2D eigenvalue weighted by Gasteiger charge is -2.12. The maximum absolute atomic E-state index is 10.8. The summed E-state index contributed by atoms with van der Waals surface area (Å²) in [6, 6.07) is 8.03. The lowest BCUT2D eigenvalue weighted by atomic mass is 10.1. The Morgan fingerprint density at radius 1 is 1.13 bits per heavy atom. The van der Waals surface area contributed by atoms with E-state index in [1.165, 1.54) is 0 Å². The average molecular weight is 657 g/mol. The third-order valence-electron chi connectivity index (χ3n) is 2.99. The summed E-state index contributed by atoms with van der Waals surface area (Å²) >= 11 is 6.23. The molecule has 0 aliphatic rings. The van der Waals surface area contributed by atoms with Crippen molar-refractivity contribution in [3.63, 3.8) is 0 Å². The SMILES string of the molecule is N[C@@H](Cc1ccc(O[13c]2[13cH][13c](I)[13c](O)[13c](I)[13cH]2)c(I)c1)C(=O)O. The predicted molar refractivity (Wildman–Crippen MR) is 112 cm³/mol. The van der Waals surface area contributed by atoms with Crippen molar-refractivity contribution in [2.24, 2.45) is 5.73 Å². The highest BCUT2D eigenvalue weighted by Gasteiger charge is 2.14. The van der Waals surface area contributed by atoms with Crippen LogP contribution in [0.2, 0.25) is 0 Å². The maximum atomic E-state index is 10.8. The van der Waals surface area contributed by atoms with Crippen molar-refractivity contribution in [2.45, 2.75) is 12.5 Å². The van der Waals surface area contributed by atoms with Crippen LogP contribution in [-0.2, 0) is 11.2 Å². The molecule has 0 radical (unpaired) electrons. The van der Waals surface area contributed by atoms with E-state index in [1.807, 2.05) is 51.2 Å². The fraction of sp³-hybridized carbons (Fsp3) is 0.133. The van der Waals surface area contributed by atoms with Crippen molar-refractivity contribution in [1.82, 2.24) is 0 Å². The number of halogens is 3. The Morgan fingerprint density at radius 2 is 1.74 bits per heavy atom. The number of hydrogen-bond acceptors (Lipinski definition) is 4. The van der Waals surface area contributed by atoms with Gasteiger partial charge in [-0.1, -0.05) is 6.07 Å². The zero-order valence-electron chi connectivity index (χ0n) is 11.6. The number of carbonyl (C=O) groups is 1. The van der Waals surface area contributed by atoms with Gasteiger partial charge in [-0.3, -0.25) is 4.79 Å². The number of hydrogen-bond donors (Lipinski definition) is 3. The Kier molecular flexibility index (Phi) is 6.74. The summed E-state index contributed by atoms with van der Waals surface area (Å²) in [6.45, 7) is 0. The molecule has 0 heterocycles. The Morgan fingerprint density at radius 3 is 2.26 bits per heavy atom. The largest absolute Gasteiger partial charge is 0.506 e. The summed E-state index contributed by atoms with van der Waals surface area (Å²) in [4.78, 5) is 10.8. The van der Waals surface area contributed by atoms with E-state index in [2.05, 4.69) is 22.6 Å². The molecule has 0 bridgehead atoms. The zero-order valence-corrected chi connectivity index (χ0v) is 18.1. The minimum Gasteiger partial charge on any atom is -0.506 e. The van der Waals surface area contributed by atoms with Gasteiger partial charge in [-0.2, -0.15) is 0 Å². The first-order valence-corrected chi connectivity index (χ1v) is 9.64. The number of nitrogens with two attached hydrogens (primary N) is 1.